The summed E-state index contributed by atoms with van der Waals surface area (Å²) in [6.07, 6.45) is 3.53. The molecule has 1 aliphatic heterocycles. The Morgan fingerprint density at radius 2 is 2.17 bits per heavy atom. The van der Waals surface area contributed by atoms with Gasteiger partial charge in [0.05, 0.1) is 18.7 Å². The third kappa shape index (κ3) is 2.90. The number of nitrogens with zero attached hydrogens (tertiary/aromatic N) is 3. The lowest BCUT2D eigenvalue weighted by atomic mass is 10.1. The molecule has 0 spiro atoms. The molecule has 120 valence electrons. The van der Waals surface area contributed by atoms with Crippen molar-refractivity contribution in [3.63, 3.8) is 0 Å². The first-order chi connectivity index (χ1) is 11.1. The molecule has 2 heterocycles. The highest BCUT2D eigenvalue weighted by Gasteiger charge is 2.36. The Kier molecular flexibility index (Phi) is 4.01. The predicted octanol–water partition coefficient (Wildman–Crippen LogP) is 1.42. The van der Waals surface area contributed by atoms with Crippen molar-refractivity contribution in [1.82, 2.24) is 9.55 Å². The second-order valence-electron chi connectivity index (χ2n) is 5.43. The number of amides is 2. The van der Waals surface area contributed by atoms with Crippen molar-refractivity contribution < 1.29 is 14.3 Å². The van der Waals surface area contributed by atoms with Crippen LogP contribution in [0.2, 0.25) is 0 Å². The van der Waals surface area contributed by atoms with E-state index in [0.29, 0.717) is 23.9 Å². The maximum absolute atomic E-state index is 12.4. The zero-order chi connectivity index (χ0) is 16.4. The molecule has 23 heavy (non-hydrogen) atoms. The zero-order valence-corrected chi connectivity index (χ0v) is 13.0. The van der Waals surface area contributed by atoms with Crippen molar-refractivity contribution in [2.75, 3.05) is 23.9 Å². The molecule has 3 rings (SSSR count). The minimum absolute atomic E-state index is 0.0884. The molecule has 1 aromatic heterocycles. The molecular formula is C16H18N4O3. The number of aryl methyl sites for hydroxylation is 1. The number of hydrogen-bond donors (Lipinski definition) is 1. The third-order valence-electron chi connectivity index (χ3n) is 3.93. The maximum atomic E-state index is 12.4. The van der Waals surface area contributed by atoms with Gasteiger partial charge in [0, 0.05) is 32.4 Å². The lowest BCUT2D eigenvalue weighted by Gasteiger charge is -2.19. The van der Waals surface area contributed by atoms with Crippen molar-refractivity contribution in [2.45, 2.75) is 6.42 Å². The van der Waals surface area contributed by atoms with Gasteiger partial charge in [-0.05, 0) is 12.1 Å². The number of ether oxygens (including phenoxy) is 1. The van der Waals surface area contributed by atoms with Crippen molar-refractivity contribution in [1.29, 1.82) is 0 Å². The molecular weight excluding hydrogens is 296 g/mol. The summed E-state index contributed by atoms with van der Waals surface area (Å²) in [5, 5.41) is 2.76. The Balaban J connectivity index is 1.74. The van der Waals surface area contributed by atoms with Crippen LogP contribution in [0.1, 0.15) is 6.42 Å². The molecule has 0 radical (unpaired) electrons. The van der Waals surface area contributed by atoms with E-state index in [1.54, 1.807) is 42.1 Å². The fourth-order valence-corrected chi connectivity index (χ4v) is 2.67. The first-order valence-corrected chi connectivity index (χ1v) is 7.31. The monoisotopic (exact) mass is 314 g/mol. The minimum Gasteiger partial charge on any atom is -0.495 e. The number of carbonyl (C=O) groups excluding carboxylic acids is 2. The molecule has 7 nitrogen and oxygen atoms in total. The average Bonchev–Trinajstić information content (AvgIpc) is 3.13. The van der Waals surface area contributed by atoms with Gasteiger partial charge in [-0.25, -0.2) is 4.98 Å². The summed E-state index contributed by atoms with van der Waals surface area (Å²) in [5.74, 6) is 0.382. The summed E-state index contributed by atoms with van der Waals surface area (Å²) < 4.78 is 7.01. The second kappa shape index (κ2) is 6.12. The van der Waals surface area contributed by atoms with Crippen molar-refractivity contribution in [3.8, 4) is 5.75 Å². The smallest absolute Gasteiger partial charge is 0.232 e. The number of anilines is 2. The Hall–Kier alpha value is -2.83. The Morgan fingerprint density at radius 3 is 2.87 bits per heavy atom. The number of carbonyl (C=O) groups is 2. The molecule has 1 N–H and O–H groups in total. The number of methoxy groups -OCH3 is 1. The van der Waals surface area contributed by atoms with Gasteiger partial charge < -0.3 is 14.2 Å². The fourth-order valence-electron chi connectivity index (χ4n) is 2.67. The van der Waals surface area contributed by atoms with E-state index in [-0.39, 0.29) is 18.2 Å². The molecule has 0 bridgehead atoms. The standard InChI is InChI=1S/C16H18N4O3/c1-19-8-7-17-16(19)18-15(22)11-9-14(21)20(10-11)12-5-3-4-6-13(12)23-2/h3-8,11H,9-10H2,1-2H3,(H,17,18,22). The van der Waals surface area contributed by atoms with Gasteiger partial charge in [0.25, 0.3) is 0 Å². The third-order valence-corrected chi connectivity index (χ3v) is 3.93. The first kappa shape index (κ1) is 15.1. The normalized spacial score (nSPS) is 17.4. The van der Waals surface area contributed by atoms with E-state index < -0.39 is 5.92 Å². The Bertz CT molecular complexity index is 740. The Morgan fingerprint density at radius 1 is 1.39 bits per heavy atom. The maximum Gasteiger partial charge on any atom is 0.232 e. The summed E-state index contributed by atoms with van der Waals surface area (Å²) >= 11 is 0. The van der Waals surface area contributed by atoms with E-state index in [0.717, 1.165) is 0 Å². The molecule has 1 atom stereocenters. The quantitative estimate of drug-likeness (QED) is 0.926. The fraction of sp³-hybridized carbons (Fsp3) is 0.312. The zero-order valence-electron chi connectivity index (χ0n) is 13.0. The number of hydrogen-bond acceptors (Lipinski definition) is 4. The van der Waals surface area contributed by atoms with Crippen LogP contribution in [0.3, 0.4) is 0 Å². The second-order valence-corrected chi connectivity index (χ2v) is 5.43. The minimum atomic E-state index is -0.413. The number of nitrogens with one attached hydrogen (secondary N) is 1. The summed E-state index contributed by atoms with van der Waals surface area (Å²) in [4.78, 5) is 30.3. The number of imidazole rings is 1. The van der Waals surface area contributed by atoms with Gasteiger partial charge in [-0.15, -0.1) is 0 Å². The molecule has 2 amide bonds. The van der Waals surface area contributed by atoms with E-state index in [4.69, 9.17) is 4.74 Å². The van der Waals surface area contributed by atoms with Crippen LogP contribution in [0.25, 0.3) is 0 Å². The lowest BCUT2D eigenvalue weighted by Crippen LogP contribution is -2.29. The highest BCUT2D eigenvalue weighted by molar-refractivity contribution is 6.03. The molecule has 1 fully saturated rings. The van der Waals surface area contributed by atoms with Crippen molar-refractivity contribution in [3.05, 3.63) is 36.7 Å². The van der Waals surface area contributed by atoms with Crippen LogP contribution in [0.15, 0.2) is 36.7 Å². The van der Waals surface area contributed by atoms with Gasteiger partial charge in [0.1, 0.15) is 5.75 Å². The van der Waals surface area contributed by atoms with Gasteiger partial charge in [0.2, 0.25) is 17.8 Å². The predicted molar refractivity (Wildman–Crippen MR) is 85.3 cm³/mol. The Labute approximate surface area is 133 Å². The van der Waals surface area contributed by atoms with Gasteiger partial charge >= 0.3 is 0 Å². The molecule has 0 saturated carbocycles. The molecule has 1 unspecified atom stereocenters. The van der Waals surface area contributed by atoms with Gasteiger partial charge in [-0.2, -0.15) is 0 Å². The summed E-state index contributed by atoms with van der Waals surface area (Å²) in [6, 6.07) is 7.29. The van der Waals surface area contributed by atoms with Crippen LogP contribution >= 0.6 is 0 Å². The number of para-hydroxylation sites is 2. The van der Waals surface area contributed by atoms with Crippen LogP contribution in [0, 0.1) is 5.92 Å². The summed E-state index contributed by atoms with van der Waals surface area (Å²) in [6.45, 7) is 0.329. The molecule has 1 aliphatic rings. The highest BCUT2D eigenvalue weighted by Crippen LogP contribution is 2.32. The number of benzene rings is 1. The van der Waals surface area contributed by atoms with Gasteiger partial charge in [-0.1, -0.05) is 12.1 Å². The highest BCUT2D eigenvalue weighted by atomic mass is 16.5. The van der Waals surface area contributed by atoms with Crippen LogP contribution < -0.4 is 15.0 Å². The van der Waals surface area contributed by atoms with Crippen LogP contribution in [0.4, 0.5) is 11.6 Å². The first-order valence-electron chi connectivity index (χ1n) is 7.31. The van der Waals surface area contributed by atoms with E-state index in [1.807, 2.05) is 18.2 Å². The molecule has 1 saturated heterocycles. The van der Waals surface area contributed by atoms with E-state index in [2.05, 4.69) is 10.3 Å². The summed E-state index contributed by atoms with van der Waals surface area (Å²) in [7, 11) is 3.36. The molecule has 2 aromatic rings. The van der Waals surface area contributed by atoms with Gasteiger partial charge in [0.15, 0.2) is 0 Å². The number of aromatic nitrogens is 2. The van der Waals surface area contributed by atoms with Crippen LogP contribution in [0.5, 0.6) is 5.75 Å². The largest absolute Gasteiger partial charge is 0.495 e. The topological polar surface area (TPSA) is 76.5 Å². The summed E-state index contributed by atoms with van der Waals surface area (Å²) in [5.41, 5.74) is 0.687. The van der Waals surface area contributed by atoms with Gasteiger partial charge in [-0.3, -0.25) is 14.9 Å². The van der Waals surface area contributed by atoms with E-state index in [1.165, 1.54) is 0 Å². The van der Waals surface area contributed by atoms with Crippen molar-refractivity contribution >= 4 is 23.5 Å². The van der Waals surface area contributed by atoms with E-state index >= 15 is 0 Å². The lowest BCUT2D eigenvalue weighted by molar-refractivity contribution is -0.122. The van der Waals surface area contributed by atoms with Crippen molar-refractivity contribution in [2.24, 2.45) is 13.0 Å². The molecule has 7 heteroatoms. The average molecular weight is 314 g/mol. The SMILES string of the molecule is COc1ccccc1N1CC(C(=O)Nc2nccn2C)CC1=O. The number of rotatable bonds is 4. The molecule has 1 aromatic carbocycles. The molecule has 0 aliphatic carbocycles. The van der Waals surface area contributed by atoms with Crippen LogP contribution in [-0.4, -0.2) is 35.0 Å². The van der Waals surface area contributed by atoms with Crippen LogP contribution in [-0.2, 0) is 16.6 Å². The van der Waals surface area contributed by atoms with E-state index in [9.17, 15) is 9.59 Å².